The van der Waals surface area contributed by atoms with Crippen molar-refractivity contribution in [1.82, 2.24) is 0 Å². The van der Waals surface area contributed by atoms with Crippen LogP contribution in [0.5, 0.6) is 0 Å². The zero-order valence-electron chi connectivity index (χ0n) is 14.6. The van der Waals surface area contributed by atoms with Crippen LogP contribution in [0.15, 0.2) is 23.0 Å². The second-order valence-corrected chi connectivity index (χ2v) is 9.24. The maximum atomic E-state index is 12.5. The normalized spacial score (nSPS) is 58.6. The van der Waals surface area contributed by atoms with Crippen molar-refractivity contribution < 1.29 is 28.2 Å². The summed E-state index contributed by atoms with van der Waals surface area (Å²) in [5, 5.41) is 0. The third kappa shape index (κ3) is 1.44. The van der Waals surface area contributed by atoms with E-state index in [1.807, 2.05) is 6.07 Å². The Kier molecular flexibility index (Phi) is 2.46. The van der Waals surface area contributed by atoms with Crippen LogP contribution in [0.1, 0.15) is 37.9 Å². The lowest BCUT2D eigenvalue weighted by Gasteiger charge is -2.54. The molecular weight excluding hydrogens is 336 g/mol. The Morgan fingerprint density at radius 1 is 1.15 bits per heavy atom. The van der Waals surface area contributed by atoms with Gasteiger partial charge in [-0.15, -0.1) is 0 Å². The Morgan fingerprint density at radius 3 is 2.92 bits per heavy atom. The Hall–Kier alpha value is -1.37. The fourth-order valence-electron chi connectivity index (χ4n) is 7.38. The average Bonchev–Trinajstić information content (AvgIpc) is 2.93. The van der Waals surface area contributed by atoms with Gasteiger partial charge in [0.15, 0.2) is 6.29 Å². The van der Waals surface area contributed by atoms with E-state index in [1.54, 1.807) is 12.5 Å². The second-order valence-electron chi connectivity index (χ2n) is 9.24. The number of carbonyl (C=O) groups excluding carboxylic acids is 1. The SMILES string of the molecule is CC1C2CC34COC(=O)C3CC3OC3C4C13CC(c1ccoc1)OC3O2. The van der Waals surface area contributed by atoms with Crippen LogP contribution < -0.4 is 0 Å². The molecule has 2 bridgehead atoms. The fourth-order valence-corrected chi connectivity index (χ4v) is 7.38. The quantitative estimate of drug-likeness (QED) is 0.567. The number of rotatable bonds is 1. The molecule has 0 radical (unpaired) electrons. The number of ether oxygens (including phenoxy) is 4. The van der Waals surface area contributed by atoms with Crippen molar-refractivity contribution in [2.75, 3.05) is 6.61 Å². The summed E-state index contributed by atoms with van der Waals surface area (Å²) in [4.78, 5) is 12.5. The van der Waals surface area contributed by atoms with Gasteiger partial charge in [-0.25, -0.2) is 0 Å². The van der Waals surface area contributed by atoms with Crippen LogP contribution in [0.25, 0.3) is 0 Å². The zero-order valence-corrected chi connectivity index (χ0v) is 14.6. The van der Waals surface area contributed by atoms with Gasteiger partial charge in [0.25, 0.3) is 0 Å². The number of fused-ring (bicyclic) bond motifs is 3. The molecule has 0 N–H and O–H groups in total. The summed E-state index contributed by atoms with van der Waals surface area (Å²) in [5.74, 6) is 0.579. The van der Waals surface area contributed by atoms with Gasteiger partial charge >= 0.3 is 5.97 Å². The van der Waals surface area contributed by atoms with Gasteiger partial charge in [0, 0.05) is 22.3 Å². The second kappa shape index (κ2) is 4.37. The molecule has 4 saturated heterocycles. The number of hydrogen-bond donors (Lipinski definition) is 0. The molecule has 6 aliphatic rings. The number of carbonyl (C=O) groups is 1. The molecule has 0 amide bonds. The van der Waals surface area contributed by atoms with Gasteiger partial charge < -0.3 is 23.4 Å². The highest BCUT2D eigenvalue weighted by Crippen LogP contribution is 2.75. The maximum absolute atomic E-state index is 12.5. The van der Waals surface area contributed by atoms with Gasteiger partial charge in [-0.3, -0.25) is 4.79 Å². The molecule has 26 heavy (non-hydrogen) atoms. The van der Waals surface area contributed by atoms with Crippen LogP contribution in [0.4, 0.5) is 0 Å². The van der Waals surface area contributed by atoms with Gasteiger partial charge in [-0.2, -0.15) is 0 Å². The van der Waals surface area contributed by atoms with Crippen LogP contribution in [0.3, 0.4) is 0 Å². The van der Waals surface area contributed by atoms with Gasteiger partial charge in [0.1, 0.15) is 0 Å². The molecule has 0 aromatic carbocycles. The molecule has 5 heterocycles. The van der Waals surface area contributed by atoms with E-state index in [1.165, 1.54) is 0 Å². The third-order valence-corrected chi connectivity index (χ3v) is 8.54. The topological polar surface area (TPSA) is 70.4 Å². The standard InChI is InChI=1S/C20H22O6/c1-9-13-5-19-8-23-17(21)11(19)4-12-15(24-12)16(19)20(9)6-14(26-18(20)25-13)10-2-3-22-7-10/h2-3,7,9,11-16,18H,4-6,8H2,1H3. The predicted molar refractivity (Wildman–Crippen MR) is 85.7 cm³/mol. The minimum Gasteiger partial charge on any atom is -0.472 e. The number of esters is 1. The average molecular weight is 358 g/mol. The molecule has 6 fully saturated rings. The summed E-state index contributed by atoms with van der Waals surface area (Å²) < 4.78 is 29.9. The maximum Gasteiger partial charge on any atom is 0.309 e. The first kappa shape index (κ1) is 14.7. The summed E-state index contributed by atoms with van der Waals surface area (Å²) >= 11 is 0. The minimum atomic E-state index is -0.230. The van der Waals surface area contributed by atoms with Crippen LogP contribution >= 0.6 is 0 Å². The number of epoxide rings is 1. The first-order valence-corrected chi connectivity index (χ1v) is 9.78. The van der Waals surface area contributed by atoms with Gasteiger partial charge in [-0.05, 0) is 31.2 Å². The van der Waals surface area contributed by atoms with Crippen LogP contribution in [-0.4, -0.2) is 37.2 Å². The van der Waals surface area contributed by atoms with E-state index >= 15 is 0 Å². The molecule has 7 rings (SSSR count). The highest BCUT2D eigenvalue weighted by atomic mass is 16.7. The largest absolute Gasteiger partial charge is 0.472 e. The zero-order chi connectivity index (χ0) is 17.3. The lowest BCUT2D eigenvalue weighted by atomic mass is 9.44. The minimum absolute atomic E-state index is 0.0205. The van der Waals surface area contributed by atoms with Crippen molar-refractivity contribution in [3.05, 3.63) is 24.2 Å². The summed E-state index contributed by atoms with van der Waals surface area (Å²) in [6.45, 7) is 2.82. The monoisotopic (exact) mass is 358 g/mol. The third-order valence-electron chi connectivity index (χ3n) is 8.54. The first-order valence-electron chi connectivity index (χ1n) is 9.78. The summed E-state index contributed by atoms with van der Waals surface area (Å²) in [7, 11) is 0. The van der Waals surface area contributed by atoms with E-state index in [0.29, 0.717) is 12.5 Å². The van der Waals surface area contributed by atoms with Crippen molar-refractivity contribution >= 4 is 5.97 Å². The van der Waals surface area contributed by atoms with Crippen molar-refractivity contribution in [1.29, 1.82) is 0 Å². The van der Waals surface area contributed by atoms with Crippen molar-refractivity contribution in [3.63, 3.8) is 0 Å². The van der Waals surface area contributed by atoms with Crippen LogP contribution in [-0.2, 0) is 23.7 Å². The number of cyclic esters (lactones) is 1. The van der Waals surface area contributed by atoms with E-state index in [2.05, 4.69) is 6.92 Å². The molecule has 138 valence electrons. The van der Waals surface area contributed by atoms with Gasteiger partial charge in [0.05, 0.1) is 49.5 Å². The Bertz CT molecular complexity index is 790. The lowest BCUT2D eigenvalue weighted by Crippen LogP contribution is -2.60. The number of furan rings is 1. The molecule has 4 aliphatic heterocycles. The fraction of sp³-hybridized carbons (Fsp3) is 0.750. The van der Waals surface area contributed by atoms with E-state index in [9.17, 15) is 4.79 Å². The first-order chi connectivity index (χ1) is 12.6. The van der Waals surface area contributed by atoms with E-state index in [4.69, 9.17) is 23.4 Å². The summed E-state index contributed by atoms with van der Waals surface area (Å²) in [5.41, 5.74) is 0.812. The van der Waals surface area contributed by atoms with E-state index < -0.39 is 0 Å². The van der Waals surface area contributed by atoms with E-state index in [-0.39, 0.29) is 59.3 Å². The summed E-state index contributed by atoms with van der Waals surface area (Å²) in [6, 6.07) is 1.98. The van der Waals surface area contributed by atoms with Crippen molar-refractivity contribution in [2.45, 2.75) is 56.9 Å². The molecule has 2 spiro atoms. The highest BCUT2D eigenvalue weighted by molar-refractivity contribution is 5.76. The Labute approximate surface area is 151 Å². The highest BCUT2D eigenvalue weighted by Gasteiger charge is 2.80. The number of hydrogen-bond acceptors (Lipinski definition) is 6. The van der Waals surface area contributed by atoms with Crippen molar-refractivity contribution in [3.8, 4) is 0 Å². The molecule has 1 aromatic heterocycles. The molecule has 2 saturated carbocycles. The molecule has 10 unspecified atom stereocenters. The van der Waals surface area contributed by atoms with Gasteiger partial charge in [0.2, 0.25) is 0 Å². The smallest absolute Gasteiger partial charge is 0.309 e. The molecular formula is C20H22O6. The van der Waals surface area contributed by atoms with Crippen LogP contribution in [0, 0.1) is 28.6 Å². The molecule has 1 aromatic rings. The molecule has 6 heteroatoms. The van der Waals surface area contributed by atoms with Crippen molar-refractivity contribution in [2.24, 2.45) is 28.6 Å². The summed E-state index contributed by atoms with van der Waals surface area (Å²) in [6.07, 6.45) is 6.37. The van der Waals surface area contributed by atoms with E-state index in [0.717, 1.165) is 24.8 Å². The predicted octanol–water partition coefficient (Wildman–Crippen LogP) is 2.44. The molecule has 10 atom stereocenters. The Morgan fingerprint density at radius 2 is 2.08 bits per heavy atom. The molecule has 2 aliphatic carbocycles. The van der Waals surface area contributed by atoms with Gasteiger partial charge in [-0.1, -0.05) is 6.92 Å². The van der Waals surface area contributed by atoms with Crippen LogP contribution in [0.2, 0.25) is 0 Å². The lowest BCUT2D eigenvalue weighted by molar-refractivity contribution is -0.152. The Balaban J connectivity index is 1.38. The molecule has 6 nitrogen and oxygen atoms in total.